The number of hydrogen-bond donors (Lipinski definition) is 1. The topological polar surface area (TPSA) is 79.0 Å². The molecule has 130 valence electrons. The molecule has 7 heteroatoms. The highest BCUT2D eigenvalue weighted by Crippen LogP contribution is 2.26. The van der Waals surface area contributed by atoms with Gasteiger partial charge in [0.05, 0.1) is 18.7 Å². The van der Waals surface area contributed by atoms with Crippen LogP contribution >= 0.6 is 0 Å². The Morgan fingerprint density at radius 3 is 2.50 bits per heavy atom. The average molecular weight is 333 g/mol. The summed E-state index contributed by atoms with van der Waals surface area (Å²) in [7, 11) is 1.53. The van der Waals surface area contributed by atoms with E-state index in [-0.39, 0.29) is 24.8 Å². The van der Waals surface area contributed by atoms with E-state index in [2.05, 4.69) is 5.32 Å². The van der Waals surface area contributed by atoms with Crippen LogP contribution in [0.4, 0.5) is 10.5 Å². The molecule has 24 heavy (non-hydrogen) atoms. The van der Waals surface area contributed by atoms with Gasteiger partial charge in [-0.1, -0.05) is 17.7 Å². The first-order chi connectivity index (χ1) is 11.5. The lowest BCUT2D eigenvalue weighted by Gasteiger charge is -2.20. The monoisotopic (exact) mass is 333 g/mol. The highest BCUT2D eigenvalue weighted by Gasteiger charge is 2.46. The Bertz CT molecular complexity index is 615. The third-order valence-electron chi connectivity index (χ3n) is 3.90. The van der Waals surface area contributed by atoms with E-state index in [1.165, 1.54) is 12.0 Å². The maximum Gasteiger partial charge on any atom is 0.332 e. The van der Waals surface area contributed by atoms with Crippen LogP contribution in [-0.2, 0) is 14.3 Å². The zero-order valence-electron chi connectivity index (χ0n) is 14.2. The number of hydrogen-bond acceptors (Lipinski definition) is 4. The maximum absolute atomic E-state index is 12.8. The van der Waals surface area contributed by atoms with Gasteiger partial charge in [0.2, 0.25) is 5.91 Å². The number of nitrogens with zero attached hydrogens (tertiary/aromatic N) is 2. The lowest BCUT2D eigenvalue weighted by Crippen LogP contribution is -2.41. The van der Waals surface area contributed by atoms with Crippen molar-refractivity contribution >= 4 is 23.5 Å². The minimum absolute atomic E-state index is 0.0511. The highest BCUT2D eigenvalue weighted by atomic mass is 16.5. The predicted octanol–water partition coefficient (Wildman–Crippen LogP) is 1.30. The Balaban J connectivity index is 2.27. The van der Waals surface area contributed by atoms with Crippen molar-refractivity contribution < 1.29 is 19.1 Å². The summed E-state index contributed by atoms with van der Waals surface area (Å²) in [5.74, 6) is -0.636. The number of amides is 4. The first-order valence-corrected chi connectivity index (χ1v) is 7.96. The Kier molecular flexibility index (Phi) is 5.92. The van der Waals surface area contributed by atoms with Crippen molar-refractivity contribution in [1.29, 1.82) is 0 Å². The number of aryl methyl sites for hydroxylation is 1. The van der Waals surface area contributed by atoms with Gasteiger partial charge in [-0.3, -0.25) is 9.59 Å². The van der Waals surface area contributed by atoms with E-state index in [0.717, 1.165) is 10.5 Å². The molecule has 0 spiro atoms. The fraction of sp³-hybridized carbons (Fsp3) is 0.471. The predicted molar refractivity (Wildman–Crippen MR) is 89.7 cm³/mol. The van der Waals surface area contributed by atoms with Crippen LogP contribution in [0.5, 0.6) is 0 Å². The number of benzene rings is 1. The minimum atomic E-state index is -0.805. The number of urea groups is 1. The van der Waals surface area contributed by atoms with Gasteiger partial charge in [0.15, 0.2) is 0 Å². The summed E-state index contributed by atoms with van der Waals surface area (Å²) < 4.78 is 5.02. The van der Waals surface area contributed by atoms with Crippen LogP contribution in [0.15, 0.2) is 24.3 Å². The van der Waals surface area contributed by atoms with Crippen LogP contribution in [0.2, 0.25) is 0 Å². The van der Waals surface area contributed by atoms with Crippen molar-refractivity contribution in [3.8, 4) is 0 Å². The third-order valence-corrected chi connectivity index (χ3v) is 3.90. The molecule has 1 aliphatic heterocycles. The summed E-state index contributed by atoms with van der Waals surface area (Å²) in [6.07, 6.45) is -0.0511. The van der Waals surface area contributed by atoms with Gasteiger partial charge in [-0.15, -0.1) is 0 Å². The lowest BCUT2D eigenvalue weighted by atomic mass is 10.1. The normalized spacial score (nSPS) is 17.5. The summed E-state index contributed by atoms with van der Waals surface area (Å²) in [6.45, 7) is 4.77. The van der Waals surface area contributed by atoms with Crippen LogP contribution in [0, 0.1) is 6.92 Å². The quantitative estimate of drug-likeness (QED) is 0.763. The zero-order valence-corrected chi connectivity index (χ0v) is 14.2. The molecule has 1 saturated heterocycles. The molecule has 1 aromatic carbocycles. The van der Waals surface area contributed by atoms with E-state index in [1.54, 1.807) is 19.1 Å². The van der Waals surface area contributed by atoms with E-state index in [0.29, 0.717) is 18.8 Å². The maximum atomic E-state index is 12.8. The van der Waals surface area contributed by atoms with Crippen molar-refractivity contribution in [3.05, 3.63) is 29.8 Å². The van der Waals surface area contributed by atoms with Gasteiger partial charge in [0, 0.05) is 20.2 Å². The molecule has 1 N–H and O–H groups in total. The highest BCUT2D eigenvalue weighted by molar-refractivity contribution is 6.22. The molecule has 1 atom stereocenters. The number of carbonyl (C=O) groups is 3. The van der Waals surface area contributed by atoms with Crippen LogP contribution in [0.25, 0.3) is 0 Å². The van der Waals surface area contributed by atoms with Gasteiger partial charge in [-0.25, -0.2) is 9.69 Å². The summed E-state index contributed by atoms with van der Waals surface area (Å²) in [5, 5.41) is 2.67. The van der Waals surface area contributed by atoms with E-state index in [9.17, 15) is 14.4 Å². The number of carbonyl (C=O) groups excluding carboxylic acids is 3. The van der Waals surface area contributed by atoms with Crippen molar-refractivity contribution in [2.24, 2.45) is 0 Å². The van der Waals surface area contributed by atoms with E-state index in [1.807, 2.05) is 19.1 Å². The Hall–Kier alpha value is -2.41. The van der Waals surface area contributed by atoms with Crippen molar-refractivity contribution in [2.75, 3.05) is 31.7 Å². The Morgan fingerprint density at radius 1 is 1.25 bits per heavy atom. The van der Waals surface area contributed by atoms with Crippen LogP contribution < -0.4 is 10.2 Å². The van der Waals surface area contributed by atoms with Gasteiger partial charge in [-0.05, 0) is 26.0 Å². The molecule has 0 aliphatic carbocycles. The molecule has 1 aromatic rings. The lowest BCUT2D eigenvalue weighted by molar-refractivity contribution is -0.127. The zero-order chi connectivity index (χ0) is 17.7. The fourth-order valence-corrected chi connectivity index (χ4v) is 2.65. The second kappa shape index (κ2) is 7.92. The Morgan fingerprint density at radius 2 is 1.92 bits per heavy atom. The SMILES string of the molecule is CCNC(=O)C[C@H]1C(=O)N(c2ccc(C)cc2)C(=O)N1CCOC. The van der Waals surface area contributed by atoms with Crippen molar-refractivity contribution in [3.63, 3.8) is 0 Å². The first-order valence-electron chi connectivity index (χ1n) is 7.96. The van der Waals surface area contributed by atoms with Crippen LogP contribution in [0.1, 0.15) is 18.9 Å². The molecule has 4 amide bonds. The van der Waals surface area contributed by atoms with Crippen LogP contribution in [0.3, 0.4) is 0 Å². The second-order valence-corrected chi connectivity index (χ2v) is 5.65. The van der Waals surface area contributed by atoms with Gasteiger partial charge < -0.3 is 15.0 Å². The molecule has 0 aromatic heterocycles. The molecule has 0 saturated carbocycles. The average Bonchev–Trinajstić information content (AvgIpc) is 2.77. The summed E-state index contributed by atoms with van der Waals surface area (Å²) >= 11 is 0. The molecule has 2 rings (SSSR count). The van der Waals surface area contributed by atoms with E-state index >= 15 is 0 Å². The molecule has 1 heterocycles. The summed E-state index contributed by atoms with van der Waals surface area (Å²) in [6, 6.07) is 5.91. The number of rotatable bonds is 7. The van der Waals surface area contributed by atoms with Gasteiger partial charge in [0.25, 0.3) is 5.91 Å². The van der Waals surface area contributed by atoms with Crippen molar-refractivity contribution in [2.45, 2.75) is 26.3 Å². The third kappa shape index (κ3) is 3.73. The molecule has 1 fully saturated rings. The molecule has 1 aliphatic rings. The number of imide groups is 1. The van der Waals surface area contributed by atoms with Crippen molar-refractivity contribution in [1.82, 2.24) is 10.2 Å². The summed E-state index contributed by atoms with van der Waals surface area (Å²) in [5.41, 5.74) is 1.55. The van der Waals surface area contributed by atoms with Crippen LogP contribution in [-0.4, -0.2) is 55.6 Å². The second-order valence-electron chi connectivity index (χ2n) is 5.65. The van der Waals surface area contributed by atoms with Gasteiger partial charge in [0.1, 0.15) is 6.04 Å². The molecule has 7 nitrogen and oxygen atoms in total. The van der Waals surface area contributed by atoms with E-state index in [4.69, 9.17) is 4.74 Å². The fourth-order valence-electron chi connectivity index (χ4n) is 2.65. The van der Waals surface area contributed by atoms with Gasteiger partial charge >= 0.3 is 6.03 Å². The molecular weight excluding hydrogens is 310 g/mol. The Labute approximate surface area is 141 Å². The number of ether oxygens (including phenoxy) is 1. The van der Waals surface area contributed by atoms with E-state index < -0.39 is 12.1 Å². The molecule has 0 bridgehead atoms. The molecule has 0 unspecified atom stereocenters. The molecule has 0 radical (unpaired) electrons. The standard InChI is InChI=1S/C17H23N3O4/c1-4-18-15(21)11-14-16(22)20(13-7-5-12(2)6-8-13)17(23)19(14)9-10-24-3/h5-8,14H,4,9-11H2,1-3H3,(H,18,21)/t14-/m0/s1. The largest absolute Gasteiger partial charge is 0.383 e. The molecular formula is C17H23N3O4. The smallest absolute Gasteiger partial charge is 0.332 e. The number of methoxy groups -OCH3 is 1. The summed E-state index contributed by atoms with van der Waals surface area (Å²) in [4.78, 5) is 39.9. The number of nitrogens with one attached hydrogen (secondary N) is 1. The van der Waals surface area contributed by atoms with Gasteiger partial charge in [-0.2, -0.15) is 0 Å². The first kappa shape index (κ1) is 17.9. The number of anilines is 1. The minimum Gasteiger partial charge on any atom is -0.383 e.